The first kappa shape index (κ1) is 25.4. The predicted molar refractivity (Wildman–Crippen MR) is 158 cm³/mol. The lowest BCUT2D eigenvalue weighted by Crippen LogP contribution is -2.27. The lowest BCUT2D eigenvalue weighted by molar-refractivity contribution is 0.0636. The van der Waals surface area contributed by atoms with Gasteiger partial charge in [-0.3, -0.25) is 5.32 Å². The highest BCUT2D eigenvalue weighted by Gasteiger charge is 2.18. The standard InChI is InChI=1S/C30H25Br2N3O2/c1-30(2,3)37-29(36)35-23-13-5-4-10-20(23)24-16-14-18-8-6-11-21(26(18)33-24)25-17-15-19-9-7-12-22(28(31)32)27(19)34-25/h4-17,28H,1-3H3,(H,35,36). The van der Waals surface area contributed by atoms with Gasteiger partial charge in [0.1, 0.15) is 5.60 Å². The predicted octanol–water partition coefficient (Wildman–Crippen LogP) is 9.25. The van der Waals surface area contributed by atoms with Crippen LogP contribution in [-0.4, -0.2) is 21.7 Å². The molecule has 0 aliphatic carbocycles. The smallest absolute Gasteiger partial charge is 0.412 e. The maximum Gasteiger partial charge on any atom is 0.412 e. The first-order valence-corrected chi connectivity index (χ1v) is 13.7. The maximum atomic E-state index is 12.5. The molecular formula is C30H25Br2N3O2. The molecule has 1 amide bonds. The van der Waals surface area contributed by atoms with E-state index in [1.807, 2.05) is 87.5 Å². The Hall–Kier alpha value is -3.29. The first-order valence-electron chi connectivity index (χ1n) is 11.9. The zero-order chi connectivity index (χ0) is 26.2. The number of anilines is 1. The number of aromatic nitrogens is 2. The van der Waals surface area contributed by atoms with E-state index < -0.39 is 11.7 Å². The molecule has 7 heteroatoms. The third-order valence-corrected chi connectivity index (χ3v) is 6.81. The van der Waals surface area contributed by atoms with Gasteiger partial charge in [-0.25, -0.2) is 14.8 Å². The second-order valence-electron chi connectivity index (χ2n) is 9.66. The van der Waals surface area contributed by atoms with Crippen LogP contribution in [-0.2, 0) is 4.74 Å². The Balaban J connectivity index is 1.61. The van der Waals surface area contributed by atoms with Crippen molar-refractivity contribution in [2.24, 2.45) is 0 Å². The van der Waals surface area contributed by atoms with Crippen LogP contribution in [0.3, 0.4) is 0 Å². The van der Waals surface area contributed by atoms with Gasteiger partial charge < -0.3 is 4.74 Å². The number of para-hydroxylation sites is 3. The molecule has 186 valence electrons. The van der Waals surface area contributed by atoms with Crippen molar-refractivity contribution in [3.05, 3.63) is 90.5 Å². The van der Waals surface area contributed by atoms with Crippen LogP contribution in [0.2, 0.25) is 0 Å². The van der Waals surface area contributed by atoms with E-state index in [1.165, 1.54) is 0 Å². The fourth-order valence-corrected chi connectivity index (χ4v) is 4.97. The van der Waals surface area contributed by atoms with Gasteiger partial charge in [-0.1, -0.05) is 98.6 Å². The molecule has 0 saturated carbocycles. The summed E-state index contributed by atoms with van der Waals surface area (Å²) < 4.78 is 5.45. The summed E-state index contributed by atoms with van der Waals surface area (Å²) in [7, 11) is 0. The van der Waals surface area contributed by atoms with E-state index in [9.17, 15) is 4.79 Å². The molecule has 0 aliphatic heterocycles. The summed E-state index contributed by atoms with van der Waals surface area (Å²) in [6, 6.07) is 28.0. The SMILES string of the molecule is CC(C)(C)OC(=O)Nc1ccccc1-c1ccc2cccc(-c3ccc4cccc(C(Br)Br)c4n3)c2n1. The van der Waals surface area contributed by atoms with E-state index in [0.29, 0.717) is 5.69 Å². The largest absolute Gasteiger partial charge is 0.444 e. The van der Waals surface area contributed by atoms with Crippen LogP contribution in [0, 0.1) is 0 Å². The minimum atomic E-state index is -0.592. The third-order valence-electron chi connectivity index (χ3n) is 5.82. The number of hydrogen-bond donors (Lipinski definition) is 1. The molecule has 0 spiro atoms. The number of carbonyl (C=O) groups excluding carboxylic acids is 1. The Morgan fingerprint density at radius 2 is 1.35 bits per heavy atom. The number of carbonyl (C=O) groups is 1. The molecule has 0 fully saturated rings. The Morgan fingerprint density at radius 1 is 0.757 bits per heavy atom. The summed E-state index contributed by atoms with van der Waals surface area (Å²) in [6.07, 6.45) is -0.505. The van der Waals surface area contributed by atoms with Crippen molar-refractivity contribution < 1.29 is 9.53 Å². The summed E-state index contributed by atoms with van der Waals surface area (Å²) in [5.41, 5.74) is 6.21. The van der Waals surface area contributed by atoms with Gasteiger partial charge in [-0.2, -0.15) is 0 Å². The average Bonchev–Trinajstić information content (AvgIpc) is 2.86. The molecule has 0 unspecified atom stereocenters. The van der Waals surface area contributed by atoms with Crippen LogP contribution < -0.4 is 5.32 Å². The van der Waals surface area contributed by atoms with E-state index in [2.05, 4.69) is 55.4 Å². The Kier molecular flexibility index (Phi) is 7.01. The first-order chi connectivity index (χ1) is 17.7. The van der Waals surface area contributed by atoms with E-state index in [1.54, 1.807) is 0 Å². The maximum absolute atomic E-state index is 12.5. The van der Waals surface area contributed by atoms with E-state index in [0.717, 1.165) is 49.9 Å². The summed E-state index contributed by atoms with van der Waals surface area (Å²) in [4.78, 5) is 22.6. The number of nitrogens with one attached hydrogen (secondary N) is 1. The van der Waals surface area contributed by atoms with Crippen LogP contribution >= 0.6 is 31.9 Å². The van der Waals surface area contributed by atoms with E-state index >= 15 is 0 Å². The average molecular weight is 619 g/mol. The lowest BCUT2D eigenvalue weighted by Gasteiger charge is -2.20. The minimum absolute atomic E-state index is 0.00216. The molecule has 1 N–H and O–H groups in total. The fourth-order valence-electron chi connectivity index (χ4n) is 4.23. The third kappa shape index (κ3) is 5.53. The lowest BCUT2D eigenvalue weighted by atomic mass is 10.0. The van der Waals surface area contributed by atoms with Gasteiger partial charge in [-0.05, 0) is 39.0 Å². The van der Waals surface area contributed by atoms with Gasteiger partial charge in [0, 0.05) is 27.5 Å². The molecular weight excluding hydrogens is 594 g/mol. The molecule has 0 bridgehead atoms. The number of ether oxygens (including phenoxy) is 1. The minimum Gasteiger partial charge on any atom is -0.444 e. The van der Waals surface area contributed by atoms with Crippen molar-refractivity contribution >= 4 is 65.4 Å². The van der Waals surface area contributed by atoms with Crippen molar-refractivity contribution in [3.8, 4) is 22.5 Å². The van der Waals surface area contributed by atoms with Crippen molar-refractivity contribution in [2.45, 2.75) is 30.1 Å². The highest BCUT2D eigenvalue weighted by Crippen LogP contribution is 2.36. The highest BCUT2D eigenvalue weighted by molar-refractivity contribution is 9.24. The van der Waals surface area contributed by atoms with Gasteiger partial charge in [0.2, 0.25) is 0 Å². The molecule has 0 radical (unpaired) electrons. The molecule has 5 rings (SSSR count). The van der Waals surface area contributed by atoms with E-state index in [4.69, 9.17) is 14.7 Å². The van der Waals surface area contributed by atoms with Crippen molar-refractivity contribution in [2.75, 3.05) is 5.32 Å². The molecule has 2 heterocycles. The van der Waals surface area contributed by atoms with Gasteiger partial charge in [0.05, 0.1) is 31.8 Å². The van der Waals surface area contributed by atoms with Gasteiger partial charge in [-0.15, -0.1) is 0 Å². The second kappa shape index (κ2) is 10.2. The molecule has 5 nitrogen and oxygen atoms in total. The van der Waals surface area contributed by atoms with Gasteiger partial charge in [0.15, 0.2) is 0 Å². The van der Waals surface area contributed by atoms with Crippen LogP contribution in [0.1, 0.15) is 30.1 Å². The van der Waals surface area contributed by atoms with Crippen molar-refractivity contribution in [3.63, 3.8) is 0 Å². The topological polar surface area (TPSA) is 64.1 Å². The Bertz CT molecular complexity index is 1630. The van der Waals surface area contributed by atoms with Gasteiger partial charge in [0.25, 0.3) is 0 Å². The van der Waals surface area contributed by atoms with Crippen LogP contribution in [0.4, 0.5) is 10.5 Å². The molecule has 0 aliphatic rings. The van der Waals surface area contributed by atoms with Crippen LogP contribution in [0.25, 0.3) is 44.3 Å². The molecule has 5 aromatic rings. The number of hydrogen-bond acceptors (Lipinski definition) is 4. The van der Waals surface area contributed by atoms with Gasteiger partial charge >= 0.3 is 6.09 Å². The number of pyridine rings is 2. The molecule has 2 aromatic heterocycles. The normalized spacial score (nSPS) is 11.7. The summed E-state index contributed by atoms with van der Waals surface area (Å²) in [5, 5.41) is 4.95. The second-order valence-corrected chi connectivity index (χ2v) is 12.7. The Labute approximate surface area is 232 Å². The molecule has 37 heavy (non-hydrogen) atoms. The van der Waals surface area contributed by atoms with Crippen molar-refractivity contribution in [1.82, 2.24) is 9.97 Å². The monoisotopic (exact) mass is 617 g/mol. The summed E-state index contributed by atoms with van der Waals surface area (Å²) in [6.45, 7) is 5.51. The zero-order valence-corrected chi connectivity index (χ0v) is 23.8. The molecule has 0 atom stereocenters. The number of fused-ring (bicyclic) bond motifs is 2. The number of halogens is 2. The number of nitrogens with zero attached hydrogens (tertiary/aromatic N) is 2. The fraction of sp³-hybridized carbons (Fsp3) is 0.167. The van der Waals surface area contributed by atoms with Crippen molar-refractivity contribution in [1.29, 1.82) is 0 Å². The number of rotatable bonds is 4. The highest BCUT2D eigenvalue weighted by atomic mass is 79.9. The number of alkyl halides is 2. The number of benzene rings is 3. The summed E-state index contributed by atoms with van der Waals surface area (Å²) in [5.74, 6) is 0. The molecule has 0 saturated heterocycles. The van der Waals surface area contributed by atoms with E-state index in [-0.39, 0.29) is 3.74 Å². The Morgan fingerprint density at radius 3 is 2.05 bits per heavy atom. The zero-order valence-electron chi connectivity index (χ0n) is 20.6. The number of amides is 1. The van der Waals surface area contributed by atoms with Crippen LogP contribution in [0.5, 0.6) is 0 Å². The molecule has 3 aromatic carbocycles. The van der Waals surface area contributed by atoms with Crippen LogP contribution in [0.15, 0.2) is 84.9 Å². The summed E-state index contributed by atoms with van der Waals surface area (Å²) >= 11 is 7.25. The quantitative estimate of drug-likeness (QED) is 0.204.